The molecule has 0 saturated heterocycles. The summed E-state index contributed by atoms with van der Waals surface area (Å²) in [4.78, 5) is 12.2. The number of benzene rings is 2. The quantitative estimate of drug-likeness (QED) is 0.903. The largest absolute Gasteiger partial charge is 0.324 e. The SMILES string of the molecule is Cc1ccccc1CS[C@@H](C)C(=O)Nc1ccccc1C#N. The number of nitrogens with one attached hydrogen (secondary N) is 1. The topological polar surface area (TPSA) is 52.9 Å². The average Bonchev–Trinajstić information content (AvgIpc) is 2.54. The molecular weight excluding hydrogens is 292 g/mol. The molecule has 0 aliphatic carbocycles. The Balaban J connectivity index is 1.95. The fourth-order valence-corrected chi connectivity index (χ4v) is 2.95. The molecule has 0 aliphatic rings. The van der Waals surface area contributed by atoms with E-state index in [1.807, 2.05) is 25.1 Å². The summed E-state index contributed by atoms with van der Waals surface area (Å²) < 4.78 is 0. The zero-order chi connectivity index (χ0) is 15.9. The maximum atomic E-state index is 12.2. The van der Waals surface area contributed by atoms with Gasteiger partial charge in [0, 0.05) is 5.75 Å². The second-order valence-electron chi connectivity index (χ2n) is 5.03. The number of hydrogen-bond acceptors (Lipinski definition) is 3. The van der Waals surface area contributed by atoms with Crippen LogP contribution in [-0.2, 0) is 10.5 Å². The summed E-state index contributed by atoms with van der Waals surface area (Å²) in [6, 6.07) is 17.3. The highest BCUT2D eigenvalue weighted by molar-refractivity contribution is 7.99. The molecule has 0 aromatic heterocycles. The molecule has 1 atom stereocenters. The van der Waals surface area contributed by atoms with Gasteiger partial charge in [0.1, 0.15) is 6.07 Å². The molecule has 0 unspecified atom stereocenters. The lowest BCUT2D eigenvalue weighted by Crippen LogP contribution is -2.23. The van der Waals surface area contributed by atoms with Crippen molar-refractivity contribution in [3.63, 3.8) is 0 Å². The lowest BCUT2D eigenvalue weighted by molar-refractivity contribution is -0.115. The first-order chi connectivity index (χ1) is 10.6. The minimum atomic E-state index is -0.189. The van der Waals surface area contributed by atoms with Crippen LogP contribution in [0.15, 0.2) is 48.5 Å². The van der Waals surface area contributed by atoms with E-state index in [-0.39, 0.29) is 11.2 Å². The molecule has 3 nitrogen and oxygen atoms in total. The van der Waals surface area contributed by atoms with Gasteiger partial charge in [0.15, 0.2) is 0 Å². The Morgan fingerprint density at radius 3 is 2.64 bits per heavy atom. The predicted octanol–water partition coefficient (Wildman–Crippen LogP) is 4.13. The van der Waals surface area contributed by atoms with Crippen molar-refractivity contribution in [1.82, 2.24) is 0 Å². The number of rotatable bonds is 5. The molecule has 2 aromatic rings. The fraction of sp³-hybridized carbons (Fsp3) is 0.222. The van der Waals surface area contributed by atoms with Crippen LogP contribution in [0.4, 0.5) is 5.69 Å². The van der Waals surface area contributed by atoms with Crippen LogP contribution >= 0.6 is 11.8 Å². The zero-order valence-corrected chi connectivity index (χ0v) is 13.5. The van der Waals surface area contributed by atoms with Crippen LogP contribution in [0.25, 0.3) is 0 Å². The van der Waals surface area contributed by atoms with Gasteiger partial charge in [-0.05, 0) is 37.1 Å². The maximum absolute atomic E-state index is 12.2. The Bertz CT molecular complexity index is 706. The van der Waals surface area contributed by atoms with Gasteiger partial charge in [-0.3, -0.25) is 4.79 Å². The minimum Gasteiger partial charge on any atom is -0.324 e. The lowest BCUT2D eigenvalue weighted by atomic mass is 10.1. The van der Waals surface area contributed by atoms with Crippen LogP contribution in [0.2, 0.25) is 0 Å². The van der Waals surface area contributed by atoms with E-state index in [9.17, 15) is 4.79 Å². The molecule has 2 aromatic carbocycles. The first kappa shape index (κ1) is 16.1. The number of hydrogen-bond donors (Lipinski definition) is 1. The van der Waals surface area contributed by atoms with E-state index in [0.717, 1.165) is 5.75 Å². The van der Waals surface area contributed by atoms with Crippen LogP contribution in [0.5, 0.6) is 0 Å². The number of carbonyl (C=O) groups is 1. The minimum absolute atomic E-state index is 0.0821. The van der Waals surface area contributed by atoms with Crippen molar-refractivity contribution in [3.05, 3.63) is 65.2 Å². The third-order valence-corrected chi connectivity index (χ3v) is 4.62. The van der Waals surface area contributed by atoms with Gasteiger partial charge in [-0.1, -0.05) is 36.4 Å². The van der Waals surface area contributed by atoms with Gasteiger partial charge in [-0.25, -0.2) is 0 Å². The van der Waals surface area contributed by atoms with Crippen molar-refractivity contribution in [1.29, 1.82) is 5.26 Å². The Morgan fingerprint density at radius 1 is 1.23 bits per heavy atom. The summed E-state index contributed by atoms with van der Waals surface area (Å²) in [5, 5.41) is 11.7. The van der Waals surface area contributed by atoms with E-state index in [4.69, 9.17) is 5.26 Å². The molecular formula is C18H18N2OS. The van der Waals surface area contributed by atoms with Gasteiger partial charge in [0.2, 0.25) is 5.91 Å². The first-order valence-corrected chi connectivity index (χ1v) is 8.13. The lowest BCUT2D eigenvalue weighted by Gasteiger charge is -2.13. The van der Waals surface area contributed by atoms with Crippen molar-refractivity contribution in [2.24, 2.45) is 0 Å². The zero-order valence-electron chi connectivity index (χ0n) is 12.7. The Hall–Kier alpha value is -2.25. The molecule has 4 heteroatoms. The van der Waals surface area contributed by atoms with Crippen molar-refractivity contribution in [2.75, 3.05) is 5.32 Å². The normalized spacial score (nSPS) is 11.5. The molecule has 0 bridgehead atoms. The molecule has 0 saturated carbocycles. The Kier molecular flexibility index (Phi) is 5.62. The van der Waals surface area contributed by atoms with Crippen molar-refractivity contribution in [2.45, 2.75) is 24.9 Å². The number of para-hydroxylation sites is 1. The second-order valence-corrected chi connectivity index (χ2v) is 6.36. The maximum Gasteiger partial charge on any atom is 0.237 e. The summed E-state index contributed by atoms with van der Waals surface area (Å²) in [5.74, 6) is 0.711. The number of thioether (sulfide) groups is 1. The molecule has 0 heterocycles. The first-order valence-electron chi connectivity index (χ1n) is 7.08. The fourth-order valence-electron chi connectivity index (χ4n) is 1.99. The molecule has 2 rings (SSSR count). The molecule has 112 valence electrons. The number of carbonyl (C=O) groups excluding carboxylic acids is 1. The number of nitriles is 1. The van der Waals surface area contributed by atoms with E-state index in [2.05, 4.69) is 30.4 Å². The third kappa shape index (κ3) is 4.12. The highest BCUT2D eigenvalue weighted by atomic mass is 32.2. The summed E-state index contributed by atoms with van der Waals surface area (Å²) in [6.45, 7) is 3.96. The van der Waals surface area contributed by atoms with E-state index >= 15 is 0 Å². The van der Waals surface area contributed by atoms with Crippen LogP contribution in [-0.4, -0.2) is 11.2 Å². The van der Waals surface area contributed by atoms with Crippen LogP contribution in [0, 0.1) is 18.3 Å². The number of anilines is 1. The third-order valence-electron chi connectivity index (χ3n) is 3.42. The van der Waals surface area contributed by atoms with Gasteiger partial charge < -0.3 is 5.32 Å². The van der Waals surface area contributed by atoms with Crippen molar-refractivity contribution >= 4 is 23.4 Å². The van der Waals surface area contributed by atoms with E-state index in [1.165, 1.54) is 11.1 Å². The number of nitrogens with zero attached hydrogens (tertiary/aromatic N) is 1. The van der Waals surface area contributed by atoms with Crippen LogP contribution < -0.4 is 5.32 Å². The highest BCUT2D eigenvalue weighted by Crippen LogP contribution is 2.22. The van der Waals surface area contributed by atoms with Gasteiger partial charge in [-0.15, -0.1) is 11.8 Å². The molecule has 0 aliphatic heterocycles. The van der Waals surface area contributed by atoms with Gasteiger partial charge >= 0.3 is 0 Å². The Labute approximate surface area is 135 Å². The average molecular weight is 310 g/mol. The smallest absolute Gasteiger partial charge is 0.237 e. The molecule has 1 amide bonds. The second kappa shape index (κ2) is 7.67. The molecule has 0 spiro atoms. The summed E-state index contributed by atoms with van der Waals surface area (Å²) >= 11 is 1.59. The highest BCUT2D eigenvalue weighted by Gasteiger charge is 2.15. The van der Waals surface area contributed by atoms with Gasteiger partial charge in [0.05, 0.1) is 16.5 Å². The summed E-state index contributed by atoms with van der Waals surface area (Å²) in [7, 11) is 0. The predicted molar refractivity (Wildman–Crippen MR) is 91.7 cm³/mol. The standard InChI is InChI=1S/C18H18N2OS/c1-13-7-3-4-9-16(13)12-22-14(2)18(21)20-17-10-6-5-8-15(17)11-19/h3-10,14H,12H2,1-2H3,(H,20,21)/t14-/m0/s1. The summed E-state index contributed by atoms with van der Waals surface area (Å²) in [6.07, 6.45) is 0. The van der Waals surface area contributed by atoms with E-state index in [0.29, 0.717) is 11.3 Å². The van der Waals surface area contributed by atoms with Gasteiger partial charge in [0.25, 0.3) is 0 Å². The van der Waals surface area contributed by atoms with Crippen LogP contribution in [0.3, 0.4) is 0 Å². The van der Waals surface area contributed by atoms with Crippen molar-refractivity contribution < 1.29 is 4.79 Å². The monoisotopic (exact) mass is 310 g/mol. The number of aryl methyl sites for hydroxylation is 1. The van der Waals surface area contributed by atoms with Crippen LogP contribution in [0.1, 0.15) is 23.6 Å². The molecule has 0 radical (unpaired) electrons. The van der Waals surface area contributed by atoms with E-state index in [1.54, 1.807) is 30.0 Å². The molecule has 1 N–H and O–H groups in total. The summed E-state index contributed by atoms with van der Waals surface area (Å²) in [5.41, 5.74) is 3.52. The van der Waals surface area contributed by atoms with Crippen molar-refractivity contribution in [3.8, 4) is 6.07 Å². The van der Waals surface area contributed by atoms with Gasteiger partial charge in [-0.2, -0.15) is 5.26 Å². The molecule has 0 fully saturated rings. The Morgan fingerprint density at radius 2 is 1.91 bits per heavy atom. The molecule has 22 heavy (non-hydrogen) atoms. The number of amides is 1. The van der Waals surface area contributed by atoms with E-state index < -0.39 is 0 Å².